The van der Waals surface area contributed by atoms with Crippen molar-refractivity contribution >= 4 is 0 Å². The Hall–Kier alpha value is -1.16. The summed E-state index contributed by atoms with van der Waals surface area (Å²) >= 11 is 0. The maximum atomic E-state index is 5.93. The molecule has 0 amide bonds. The topological polar surface area (TPSA) is 44.5 Å². The number of nitrogens with zero attached hydrogens (tertiary/aromatic N) is 2. The van der Waals surface area contributed by atoms with E-state index >= 15 is 0 Å². The molecule has 0 spiro atoms. The molecule has 2 aliphatic heterocycles. The predicted molar refractivity (Wildman–Crippen MR) is 64.0 cm³/mol. The second kappa shape index (κ2) is 4.01. The molecule has 1 saturated heterocycles. The van der Waals surface area contributed by atoms with Crippen LogP contribution in [0.1, 0.15) is 19.3 Å². The molecule has 0 radical (unpaired) electrons. The summed E-state index contributed by atoms with van der Waals surface area (Å²) in [5.41, 5.74) is 10.5. The molecule has 3 N–H and O–H groups in total. The van der Waals surface area contributed by atoms with Crippen LogP contribution in [0.25, 0.3) is 0 Å². The third kappa shape index (κ3) is 2.16. The van der Waals surface area contributed by atoms with Gasteiger partial charge in [-0.2, -0.15) is 0 Å². The number of likely N-dealkylation sites (tertiary alicyclic amines) is 1. The van der Waals surface area contributed by atoms with Gasteiger partial charge in [0.2, 0.25) is 0 Å². The Bertz CT molecular complexity index is 319. The Morgan fingerprint density at radius 1 is 1.38 bits per heavy atom. The summed E-state index contributed by atoms with van der Waals surface area (Å²) in [7, 11) is 0. The van der Waals surface area contributed by atoms with Crippen LogP contribution in [-0.2, 0) is 0 Å². The SMILES string of the molecule is N[C@@H]1CCN(C2=CN(CC3CC3)NC=C2)C1. The second-order valence-electron chi connectivity index (χ2n) is 5.11. The third-order valence-electron chi connectivity index (χ3n) is 3.52. The fourth-order valence-electron chi connectivity index (χ4n) is 2.35. The molecule has 2 heterocycles. The quantitative estimate of drug-likeness (QED) is 0.731. The van der Waals surface area contributed by atoms with Crippen LogP contribution < -0.4 is 11.2 Å². The van der Waals surface area contributed by atoms with Gasteiger partial charge in [-0.05, 0) is 31.3 Å². The summed E-state index contributed by atoms with van der Waals surface area (Å²) in [5, 5.41) is 2.21. The van der Waals surface area contributed by atoms with Crippen molar-refractivity contribution < 1.29 is 0 Å². The highest BCUT2D eigenvalue weighted by atomic mass is 15.5. The maximum absolute atomic E-state index is 5.93. The largest absolute Gasteiger partial charge is 0.369 e. The molecule has 0 aromatic heterocycles. The Morgan fingerprint density at radius 3 is 2.94 bits per heavy atom. The van der Waals surface area contributed by atoms with Gasteiger partial charge >= 0.3 is 0 Å². The molecule has 3 rings (SSSR count). The highest BCUT2D eigenvalue weighted by molar-refractivity contribution is 5.20. The molecule has 1 atom stereocenters. The number of hydrogen-bond acceptors (Lipinski definition) is 4. The minimum Gasteiger partial charge on any atom is -0.369 e. The van der Waals surface area contributed by atoms with Crippen molar-refractivity contribution in [3.05, 3.63) is 24.2 Å². The number of nitrogens with one attached hydrogen (secondary N) is 1. The van der Waals surface area contributed by atoms with E-state index in [-0.39, 0.29) is 0 Å². The van der Waals surface area contributed by atoms with E-state index in [0.29, 0.717) is 6.04 Å². The van der Waals surface area contributed by atoms with Gasteiger partial charge in [0.25, 0.3) is 0 Å². The lowest BCUT2D eigenvalue weighted by Crippen LogP contribution is -2.36. The second-order valence-corrected chi connectivity index (χ2v) is 5.11. The molecule has 2 fully saturated rings. The van der Waals surface area contributed by atoms with Gasteiger partial charge in [-0.15, -0.1) is 0 Å². The molecule has 88 valence electrons. The molecule has 1 aliphatic carbocycles. The Balaban J connectivity index is 1.63. The summed E-state index contributed by atoms with van der Waals surface area (Å²) in [5.74, 6) is 0.900. The molecular weight excluding hydrogens is 200 g/mol. The zero-order valence-electron chi connectivity index (χ0n) is 9.60. The highest BCUT2D eigenvalue weighted by Gasteiger charge is 2.25. The number of rotatable bonds is 3. The number of hydrazine groups is 1. The van der Waals surface area contributed by atoms with Crippen molar-refractivity contribution in [3.63, 3.8) is 0 Å². The molecule has 0 aromatic rings. The summed E-state index contributed by atoms with van der Waals surface area (Å²) in [6.45, 7) is 3.22. The number of hydrogen-bond donors (Lipinski definition) is 2. The minimum atomic E-state index is 0.348. The van der Waals surface area contributed by atoms with Crippen LogP contribution in [0, 0.1) is 5.92 Å². The van der Waals surface area contributed by atoms with Gasteiger partial charge < -0.3 is 16.1 Å². The molecular formula is C12H20N4. The van der Waals surface area contributed by atoms with E-state index in [1.807, 2.05) is 6.20 Å². The molecule has 1 saturated carbocycles. The van der Waals surface area contributed by atoms with E-state index in [1.165, 1.54) is 18.5 Å². The average Bonchev–Trinajstić information content (AvgIpc) is 2.98. The van der Waals surface area contributed by atoms with E-state index in [1.54, 1.807) is 0 Å². The van der Waals surface area contributed by atoms with E-state index in [9.17, 15) is 0 Å². The van der Waals surface area contributed by atoms with Crippen molar-refractivity contribution in [3.8, 4) is 0 Å². The molecule has 0 bridgehead atoms. The monoisotopic (exact) mass is 220 g/mol. The first kappa shape index (κ1) is 10.0. The number of nitrogens with two attached hydrogens (primary N) is 1. The van der Waals surface area contributed by atoms with Crippen LogP contribution >= 0.6 is 0 Å². The Kier molecular flexibility index (Phi) is 2.52. The maximum Gasteiger partial charge on any atom is 0.0563 e. The van der Waals surface area contributed by atoms with Gasteiger partial charge in [0.15, 0.2) is 0 Å². The van der Waals surface area contributed by atoms with E-state index < -0.39 is 0 Å². The lowest BCUT2D eigenvalue weighted by atomic mass is 10.3. The predicted octanol–water partition coefficient (Wildman–Crippen LogP) is 0.605. The number of allylic oxidation sites excluding steroid dienone is 1. The summed E-state index contributed by atoms with van der Waals surface area (Å²) < 4.78 is 0. The average molecular weight is 220 g/mol. The summed E-state index contributed by atoms with van der Waals surface area (Å²) in [4.78, 5) is 2.38. The van der Waals surface area contributed by atoms with E-state index in [4.69, 9.17) is 5.73 Å². The first-order valence-corrected chi connectivity index (χ1v) is 6.23. The van der Waals surface area contributed by atoms with Crippen molar-refractivity contribution in [2.45, 2.75) is 25.3 Å². The van der Waals surface area contributed by atoms with Gasteiger partial charge in [0.05, 0.1) is 5.70 Å². The van der Waals surface area contributed by atoms with Crippen LogP contribution in [0.3, 0.4) is 0 Å². The smallest absolute Gasteiger partial charge is 0.0563 e. The normalized spacial score (nSPS) is 29.3. The van der Waals surface area contributed by atoms with Gasteiger partial charge in [-0.3, -0.25) is 5.01 Å². The summed E-state index contributed by atoms with van der Waals surface area (Å²) in [6.07, 6.45) is 10.3. The lowest BCUT2D eigenvalue weighted by Gasteiger charge is -2.28. The Morgan fingerprint density at radius 2 is 2.25 bits per heavy atom. The lowest BCUT2D eigenvalue weighted by molar-refractivity contribution is 0.282. The van der Waals surface area contributed by atoms with Crippen LogP contribution in [0.4, 0.5) is 0 Å². The first-order valence-electron chi connectivity index (χ1n) is 6.23. The van der Waals surface area contributed by atoms with Crippen molar-refractivity contribution in [2.24, 2.45) is 11.7 Å². The Labute approximate surface area is 96.7 Å². The van der Waals surface area contributed by atoms with E-state index in [2.05, 4.69) is 27.6 Å². The van der Waals surface area contributed by atoms with Gasteiger partial charge in [-0.1, -0.05) is 0 Å². The van der Waals surface area contributed by atoms with Gasteiger partial charge in [0, 0.05) is 38.1 Å². The first-order chi connectivity index (χ1) is 7.81. The van der Waals surface area contributed by atoms with Crippen LogP contribution in [0.2, 0.25) is 0 Å². The molecule has 4 heteroatoms. The van der Waals surface area contributed by atoms with Crippen molar-refractivity contribution in [1.82, 2.24) is 15.3 Å². The zero-order chi connectivity index (χ0) is 11.0. The van der Waals surface area contributed by atoms with Gasteiger partial charge in [0.1, 0.15) is 0 Å². The molecule has 0 unspecified atom stereocenters. The molecule has 16 heavy (non-hydrogen) atoms. The zero-order valence-corrected chi connectivity index (χ0v) is 9.60. The third-order valence-corrected chi connectivity index (χ3v) is 3.52. The minimum absolute atomic E-state index is 0.348. The fourth-order valence-corrected chi connectivity index (χ4v) is 2.35. The van der Waals surface area contributed by atoms with Gasteiger partial charge in [-0.25, -0.2) is 0 Å². The van der Waals surface area contributed by atoms with Crippen LogP contribution in [0.5, 0.6) is 0 Å². The van der Waals surface area contributed by atoms with Crippen LogP contribution in [0.15, 0.2) is 24.2 Å². The molecule has 4 nitrogen and oxygen atoms in total. The fraction of sp³-hybridized carbons (Fsp3) is 0.667. The molecule has 0 aromatic carbocycles. The van der Waals surface area contributed by atoms with Crippen molar-refractivity contribution in [1.29, 1.82) is 0 Å². The highest BCUT2D eigenvalue weighted by Crippen LogP contribution is 2.30. The van der Waals surface area contributed by atoms with Crippen LogP contribution in [-0.4, -0.2) is 35.6 Å². The molecule has 3 aliphatic rings. The van der Waals surface area contributed by atoms with E-state index in [0.717, 1.165) is 32.0 Å². The van der Waals surface area contributed by atoms with Crippen molar-refractivity contribution in [2.75, 3.05) is 19.6 Å². The standard InChI is InChI=1S/C12H20N4/c13-11-4-6-15(8-11)12-3-5-14-16(9-12)7-10-1-2-10/h3,5,9-11,14H,1-2,4,6-8,13H2/t11-/m1/s1. The summed E-state index contributed by atoms with van der Waals surface area (Å²) in [6, 6.07) is 0.348.